The van der Waals surface area contributed by atoms with E-state index in [0.717, 1.165) is 5.92 Å². The van der Waals surface area contributed by atoms with Gasteiger partial charge >= 0.3 is 0 Å². The van der Waals surface area contributed by atoms with Crippen molar-refractivity contribution in [2.24, 2.45) is 13.0 Å². The Morgan fingerprint density at radius 1 is 1.64 bits per heavy atom. The normalized spacial score (nSPS) is 18.4. The summed E-state index contributed by atoms with van der Waals surface area (Å²) in [4.78, 5) is 0. The van der Waals surface area contributed by atoms with Crippen LogP contribution < -0.4 is 5.32 Å². The second kappa shape index (κ2) is 4.13. The molecule has 3 heteroatoms. The van der Waals surface area contributed by atoms with Gasteiger partial charge in [0, 0.05) is 24.8 Å². The van der Waals surface area contributed by atoms with E-state index in [1.54, 1.807) is 0 Å². The molecule has 0 amide bonds. The molecule has 14 heavy (non-hydrogen) atoms. The lowest BCUT2D eigenvalue weighted by Gasteiger charge is -2.13. The van der Waals surface area contributed by atoms with E-state index in [0.29, 0.717) is 6.04 Å². The minimum atomic E-state index is 0.490. The molecule has 0 aliphatic heterocycles. The smallest absolute Gasteiger partial charge is 0.0537 e. The zero-order valence-electron chi connectivity index (χ0n) is 9.03. The van der Waals surface area contributed by atoms with Gasteiger partial charge in [-0.3, -0.25) is 4.68 Å². The minimum Gasteiger partial charge on any atom is -0.313 e. The van der Waals surface area contributed by atoms with Gasteiger partial charge in [0.1, 0.15) is 0 Å². The van der Waals surface area contributed by atoms with Gasteiger partial charge in [-0.15, -0.1) is 0 Å². The van der Waals surface area contributed by atoms with Crippen LogP contribution in [0.1, 0.15) is 37.3 Å². The van der Waals surface area contributed by atoms with Crippen LogP contribution in [0.25, 0.3) is 0 Å². The molecule has 0 aromatic carbocycles. The van der Waals surface area contributed by atoms with Crippen LogP contribution in [0.5, 0.6) is 0 Å². The molecule has 1 aliphatic carbocycles. The Morgan fingerprint density at radius 2 is 2.43 bits per heavy atom. The number of rotatable bonds is 5. The van der Waals surface area contributed by atoms with Crippen LogP contribution in [-0.4, -0.2) is 16.8 Å². The van der Waals surface area contributed by atoms with Crippen molar-refractivity contribution >= 4 is 0 Å². The molecule has 0 bridgehead atoms. The van der Waals surface area contributed by atoms with E-state index < -0.39 is 0 Å². The van der Waals surface area contributed by atoms with Gasteiger partial charge in [0.15, 0.2) is 0 Å². The Labute approximate surface area is 85.5 Å². The van der Waals surface area contributed by atoms with Crippen molar-refractivity contribution in [1.82, 2.24) is 15.1 Å². The van der Waals surface area contributed by atoms with Gasteiger partial charge in [-0.2, -0.15) is 5.10 Å². The molecule has 1 saturated carbocycles. The summed E-state index contributed by atoms with van der Waals surface area (Å²) in [6.07, 6.45) is 9.57. The second-order valence-electron chi connectivity index (χ2n) is 4.31. The largest absolute Gasteiger partial charge is 0.313 e. The number of hydrogen-bond donors (Lipinski definition) is 1. The quantitative estimate of drug-likeness (QED) is 0.773. The lowest BCUT2D eigenvalue weighted by Crippen LogP contribution is -2.15. The lowest BCUT2D eigenvalue weighted by atomic mass is 10.0. The van der Waals surface area contributed by atoms with Crippen LogP contribution in [-0.2, 0) is 7.05 Å². The highest BCUT2D eigenvalue weighted by atomic mass is 15.2. The molecule has 1 fully saturated rings. The molecule has 1 N–H and O–H groups in total. The van der Waals surface area contributed by atoms with E-state index in [4.69, 9.17) is 0 Å². The van der Waals surface area contributed by atoms with Crippen molar-refractivity contribution in [1.29, 1.82) is 0 Å². The van der Waals surface area contributed by atoms with Gasteiger partial charge in [-0.25, -0.2) is 0 Å². The van der Waals surface area contributed by atoms with Crippen LogP contribution in [0.3, 0.4) is 0 Å². The Balaban J connectivity index is 1.90. The van der Waals surface area contributed by atoms with E-state index in [2.05, 4.69) is 16.6 Å². The first kappa shape index (κ1) is 9.71. The maximum Gasteiger partial charge on any atom is 0.0537 e. The third-order valence-electron chi connectivity index (χ3n) is 3.04. The molecule has 1 aromatic rings. The summed E-state index contributed by atoms with van der Waals surface area (Å²) < 4.78 is 1.87. The van der Waals surface area contributed by atoms with Gasteiger partial charge in [-0.05, 0) is 25.8 Å². The Kier molecular flexibility index (Phi) is 2.87. The highest BCUT2D eigenvalue weighted by Crippen LogP contribution is 2.35. The summed E-state index contributed by atoms with van der Waals surface area (Å²) in [5.41, 5.74) is 1.32. The van der Waals surface area contributed by atoms with Crippen LogP contribution in [0, 0.1) is 5.92 Å². The summed E-state index contributed by atoms with van der Waals surface area (Å²) in [6.45, 7) is 0. The number of aryl methyl sites for hydroxylation is 1. The van der Waals surface area contributed by atoms with E-state index >= 15 is 0 Å². The second-order valence-corrected chi connectivity index (χ2v) is 4.31. The average molecular weight is 193 g/mol. The predicted molar refractivity (Wildman–Crippen MR) is 57.0 cm³/mol. The van der Waals surface area contributed by atoms with E-state index in [1.807, 2.05) is 25.0 Å². The number of aromatic nitrogens is 2. The summed E-state index contributed by atoms with van der Waals surface area (Å²) >= 11 is 0. The van der Waals surface area contributed by atoms with Crippen molar-refractivity contribution in [3.05, 3.63) is 18.0 Å². The van der Waals surface area contributed by atoms with Crippen molar-refractivity contribution < 1.29 is 0 Å². The molecule has 1 unspecified atom stereocenters. The molecule has 1 aromatic heterocycles. The topological polar surface area (TPSA) is 29.9 Å². The van der Waals surface area contributed by atoms with Crippen molar-refractivity contribution in [3.63, 3.8) is 0 Å². The predicted octanol–water partition coefficient (Wildman–Crippen LogP) is 1.87. The van der Waals surface area contributed by atoms with Crippen LogP contribution in [0.2, 0.25) is 0 Å². The first-order valence-electron chi connectivity index (χ1n) is 5.45. The molecule has 2 rings (SSSR count). The van der Waals surface area contributed by atoms with Crippen molar-refractivity contribution in [3.8, 4) is 0 Å². The molecule has 0 radical (unpaired) electrons. The SMILES string of the molecule is CNC(CCC1CC1)c1cnn(C)c1. The first-order valence-corrected chi connectivity index (χ1v) is 5.45. The lowest BCUT2D eigenvalue weighted by molar-refractivity contribution is 0.506. The number of nitrogens with one attached hydrogen (secondary N) is 1. The van der Waals surface area contributed by atoms with Crippen LogP contribution >= 0.6 is 0 Å². The number of hydrogen-bond acceptors (Lipinski definition) is 2. The summed E-state index contributed by atoms with van der Waals surface area (Å²) in [7, 11) is 4.00. The van der Waals surface area contributed by atoms with Crippen molar-refractivity contribution in [2.75, 3.05) is 7.05 Å². The monoisotopic (exact) mass is 193 g/mol. The summed E-state index contributed by atoms with van der Waals surface area (Å²) in [6, 6.07) is 0.490. The summed E-state index contributed by atoms with van der Waals surface area (Å²) in [5, 5.41) is 7.57. The van der Waals surface area contributed by atoms with Gasteiger partial charge < -0.3 is 5.32 Å². The van der Waals surface area contributed by atoms with Crippen LogP contribution in [0.4, 0.5) is 0 Å². The first-order chi connectivity index (χ1) is 6.79. The zero-order valence-corrected chi connectivity index (χ0v) is 9.03. The highest BCUT2D eigenvalue weighted by molar-refractivity contribution is 5.10. The van der Waals surface area contributed by atoms with Gasteiger partial charge in [0.05, 0.1) is 6.20 Å². The third-order valence-corrected chi connectivity index (χ3v) is 3.04. The van der Waals surface area contributed by atoms with E-state index in [9.17, 15) is 0 Å². The molecule has 3 nitrogen and oxygen atoms in total. The van der Waals surface area contributed by atoms with Crippen molar-refractivity contribution in [2.45, 2.75) is 31.7 Å². The standard InChI is InChI=1S/C11H19N3/c1-12-11(6-5-9-3-4-9)10-7-13-14(2)8-10/h7-9,11-12H,3-6H2,1-2H3. The molecule has 1 heterocycles. The molecule has 1 aliphatic rings. The third kappa shape index (κ3) is 2.35. The Bertz CT molecular complexity index is 288. The van der Waals surface area contributed by atoms with E-state index in [1.165, 1.54) is 31.2 Å². The maximum absolute atomic E-state index is 4.20. The van der Waals surface area contributed by atoms with Crippen LogP contribution in [0.15, 0.2) is 12.4 Å². The number of nitrogens with zero attached hydrogens (tertiary/aromatic N) is 2. The average Bonchev–Trinajstić information content (AvgIpc) is 2.90. The van der Waals surface area contributed by atoms with Gasteiger partial charge in [0.25, 0.3) is 0 Å². The molecule has 0 saturated heterocycles. The molecule has 78 valence electrons. The Hall–Kier alpha value is -0.830. The zero-order chi connectivity index (χ0) is 9.97. The minimum absolute atomic E-state index is 0.490. The van der Waals surface area contributed by atoms with Gasteiger partial charge in [-0.1, -0.05) is 12.8 Å². The fraction of sp³-hybridized carbons (Fsp3) is 0.727. The van der Waals surface area contributed by atoms with Gasteiger partial charge in [0.2, 0.25) is 0 Å². The fourth-order valence-electron chi connectivity index (χ4n) is 1.91. The molecular weight excluding hydrogens is 174 g/mol. The molecule has 1 atom stereocenters. The molecule has 0 spiro atoms. The maximum atomic E-state index is 4.20. The Morgan fingerprint density at radius 3 is 2.93 bits per heavy atom. The molecular formula is C11H19N3. The fourth-order valence-corrected chi connectivity index (χ4v) is 1.91. The van der Waals surface area contributed by atoms with E-state index in [-0.39, 0.29) is 0 Å². The summed E-state index contributed by atoms with van der Waals surface area (Å²) in [5.74, 6) is 1.02. The highest BCUT2D eigenvalue weighted by Gasteiger charge is 2.22.